The SMILES string of the molecule is COc1ccc(S(=O)(=O)N(C)CC(=O)N[C@@H](C)c2ccc(OC)c(OC)c2)cc1. The standard InChI is InChI=1S/C20H26N2O6S/c1-14(15-6-11-18(27-4)19(12-15)28-5)21-20(23)13-22(2)29(24,25)17-9-7-16(26-3)8-10-17/h6-12,14H,13H2,1-5H3,(H,21,23)/t14-/m0/s1. The number of hydrogen-bond acceptors (Lipinski definition) is 6. The Hall–Kier alpha value is -2.78. The summed E-state index contributed by atoms with van der Waals surface area (Å²) in [7, 11) is 2.14. The summed E-state index contributed by atoms with van der Waals surface area (Å²) in [4.78, 5) is 12.5. The maximum atomic E-state index is 12.7. The van der Waals surface area contributed by atoms with E-state index in [2.05, 4.69) is 5.32 Å². The minimum absolute atomic E-state index is 0.0848. The van der Waals surface area contributed by atoms with Gasteiger partial charge in [0.25, 0.3) is 0 Å². The molecule has 0 bridgehead atoms. The van der Waals surface area contributed by atoms with Crippen LogP contribution in [0.1, 0.15) is 18.5 Å². The molecular weight excluding hydrogens is 396 g/mol. The van der Waals surface area contributed by atoms with Crippen LogP contribution in [-0.4, -0.2) is 53.6 Å². The highest BCUT2D eigenvalue weighted by Gasteiger charge is 2.24. The van der Waals surface area contributed by atoms with Crippen molar-refractivity contribution >= 4 is 15.9 Å². The van der Waals surface area contributed by atoms with E-state index in [1.54, 1.807) is 38.3 Å². The van der Waals surface area contributed by atoms with Crippen molar-refractivity contribution in [3.8, 4) is 17.2 Å². The molecule has 2 aromatic carbocycles. The highest BCUT2D eigenvalue weighted by atomic mass is 32.2. The number of benzene rings is 2. The molecule has 29 heavy (non-hydrogen) atoms. The van der Waals surface area contributed by atoms with Crippen molar-refractivity contribution in [1.29, 1.82) is 0 Å². The average Bonchev–Trinajstić information content (AvgIpc) is 2.72. The molecule has 0 aliphatic rings. The fourth-order valence-electron chi connectivity index (χ4n) is 2.71. The van der Waals surface area contributed by atoms with E-state index in [4.69, 9.17) is 14.2 Å². The predicted octanol–water partition coefficient (Wildman–Crippen LogP) is 2.21. The van der Waals surface area contributed by atoms with Crippen molar-refractivity contribution in [1.82, 2.24) is 9.62 Å². The van der Waals surface area contributed by atoms with Gasteiger partial charge in [0.15, 0.2) is 11.5 Å². The first kappa shape index (κ1) is 22.5. The van der Waals surface area contributed by atoms with Crippen molar-refractivity contribution in [3.05, 3.63) is 48.0 Å². The number of carbonyl (C=O) groups excluding carboxylic acids is 1. The van der Waals surface area contributed by atoms with Crippen LogP contribution in [0.2, 0.25) is 0 Å². The van der Waals surface area contributed by atoms with Gasteiger partial charge in [-0.1, -0.05) is 6.07 Å². The number of methoxy groups -OCH3 is 3. The summed E-state index contributed by atoms with van der Waals surface area (Å²) in [5, 5.41) is 2.80. The Balaban J connectivity index is 2.05. The van der Waals surface area contributed by atoms with Crippen LogP contribution in [0.25, 0.3) is 0 Å². The molecule has 0 radical (unpaired) electrons. The lowest BCUT2D eigenvalue weighted by atomic mass is 10.1. The summed E-state index contributed by atoms with van der Waals surface area (Å²) >= 11 is 0. The van der Waals surface area contributed by atoms with Crippen LogP contribution in [0, 0.1) is 0 Å². The highest BCUT2D eigenvalue weighted by molar-refractivity contribution is 7.89. The van der Waals surface area contributed by atoms with Gasteiger partial charge in [0.1, 0.15) is 5.75 Å². The molecule has 0 heterocycles. The van der Waals surface area contributed by atoms with Crippen molar-refractivity contribution in [2.24, 2.45) is 0 Å². The summed E-state index contributed by atoms with van der Waals surface area (Å²) in [6.07, 6.45) is 0. The molecule has 1 amide bonds. The van der Waals surface area contributed by atoms with E-state index in [0.29, 0.717) is 17.2 Å². The number of rotatable bonds is 9. The molecule has 2 rings (SSSR count). The second-order valence-corrected chi connectivity index (χ2v) is 8.39. The molecule has 0 spiro atoms. The lowest BCUT2D eigenvalue weighted by Gasteiger charge is -2.20. The van der Waals surface area contributed by atoms with Crippen molar-refractivity contribution in [3.63, 3.8) is 0 Å². The molecule has 0 aliphatic carbocycles. The van der Waals surface area contributed by atoms with Gasteiger partial charge in [0, 0.05) is 7.05 Å². The fourth-order valence-corrected chi connectivity index (χ4v) is 3.83. The first-order valence-electron chi connectivity index (χ1n) is 8.84. The van der Waals surface area contributed by atoms with E-state index in [-0.39, 0.29) is 17.5 Å². The van der Waals surface area contributed by atoms with Gasteiger partial charge in [0.05, 0.1) is 38.8 Å². The number of likely N-dealkylation sites (N-methyl/N-ethyl adjacent to an activating group) is 1. The van der Waals surface area contributed by atoms with Crippen LogP contribution in [-0.2, 0) is 14.8 Å². The van der Waals surface area contributed by atoms with E-state index in [9.17, 15) is 13.2 Å². The second kappa shape index (κ2) is 9.62. The quantitative estimate of drug-likeness (QED) is 0.666. The molecule has 0 aromatic heterocycles. The van der Waals surface area contributed by atoms with Crippen LogP contribution < -0.4 is 19.5 Å². The smallest absolute Gasteiger partial charge is 0.243 e. The predicted molar refractivity (Wildman–Crippen MR) is 109 cm³/mol. The first-order valence-corrected chi connectivity index (χ1v) is 10.3. The van der Waals surface area contributed by atoms with Gasteiger partial charge < -0.3 is 19.5 Å². The maximum Gasteiger partial charge on any atom is 0.243 e. The number of nitrogens with zero attached hydrogens (tertiary/aromatic N) is 1. The fraction of sp³-hybridized carbons (Fsp3) is 0.350. The molecule has 0 aliphatic heterocycles. The molecule has 0 saturated heterocycles. The maximum absolute atomic E-state index is 12.7. The minimum atomic E-state index is -3.80. The normalized spacial score (nSPS) is 12.3. The number of amides is 1. The Labute approximate surface area is 171 Å². The molecule has 2 aromatic rings. The Bertz CT molecular complexity index is 944. The van der Waals surface area contributed by atoms with E-state index in [1.165, 1.54) is 33.4 Å². The summed E-state index contributed by atoms with van der Waals surface area (Å²) < 4.78 is 41.8. The summed E-state index contributed by atoms with van der Waals surface area (Å²) in [5.74, 6) is 1.25. The molecule has 1 atom stereocenters. The van der Waals surface area contributed by atoms with Crippen LogP contribution in [0.5, 0.6) is 17.2 Å². The van der Waals surface area contributed by atoms with E-state index >= 15 is 0 Å². The number of carbonyl (C=O) groups is 1. The largest absolute Gasteiger partial charge is 0.497 e. The monoisotopic (exact) mass is 422 g/mol. The minimum Gasteiger partial charge on any atom is -0.497 e. The molecular formula is C20H26N2O6S. The molecule has 9 heteroatoms. The molecule has 8 nitrogen and oxygen atoms in total. The van der Waals surface area contributed by atoms with Crippen LogP contribution >= 0.6 is 0 Å². The number of sulfonamides is 1. The third kappa shape index (κ3) is 5.39. The number of hydrogen-bond donors (Lipinski definition) is 1. The van der Waals surface area contributed by atoms with Gasteiger partial charge in [-0.15, -0.1) is 0 Å². The third-order valence-electron chi connectivity index (χ3n) is 4.42. The highest BCUT2D eigenvalue weighted by Crippen LogP contribution is 2.29. The Morgan fingerprint density at radius 3 is 2.17 bits per heavy atom. The van der Waals surface area contributed by atoms with Crippen molar-refractivity contribution < 1.29 is 27.4 Å². The van der Waals surface area contributed by atoms with Gasteiger partial charge in [-0.2, -0.15) is 4.31 Å². The van der Waals surface area contributed by atoms with Crippen molar-refractivity contribution in [2.75, 3.05) is 34.9 Å². The van der Waals surface area contributed by atoms with Gasteiger partial charge in [0.2, 0.25) is 15.9 Å². The summed E-state index contributed by atoms with van der Waals surface area (Å²) in [6.45, 7) is 1.49. The second-order valence-electron chi connectivity index (χ2n) is 6.34. The van der Waals surface area contributed by atoms with Gasteiger partial charge in [-0.3, -0.25) is 4.79 Å². The topological polar surface area (TPSA) is 94.2 Å². The van der Waals surface area contributed by atoms with Gasteiger partial charge in [-0.05, 0) is 48.9 Å². The van der Waals surface area contributed by atoms with Crippen LogP contribution in [0.15, 0.2) is 47.4 Å². The Morgan fingerprint density at radius 1 is 1.00 bits per heavy atom. The summed E-state index contributed by atoms with van der Waals surface area (Å²) in [6, 6.07) is 11.0. The third-order valence-corrected chi connectivity index (χ3v) is 6.24. The van der Waals surface area contributed by atoms with Gasteiger partial charge in [-0.25, -0.2) is 8.42 Å². The van der Waals surface area contributed by atoms with E-state index in [1.807, 2.05) is 6.07 Å². The lowest BCUT2D eigenvalue weighted by molar-refractivity contribution is -0.121. The molecule has 0 saturated carbocycles. The Morgan fingerprint density at radius 2 is 1.62 bits per heavy atom. The van der Waals surface area contributed by atoms with Crippen LogP contribution in [0.4, 0.5) is 0 Å². The van der Waals surface area contributed by atoms with Gasteiger partial charge >= 0.3 is 0 Å². The number of ether oxygens (including phenoxy) is 3. The molecule has 0 fully saturated rings. The molecule has 1 N–H and O–H groups in total. The summed E-state index contributed by atoms with van der Waals surface area (Å²) in [5.41, 5.74) is 0.802. The van der Waals surface area contributed by atoms with Crippen molar-refractivity contribution in [2.45, 2.75) is 17.9 Å². The van der Waals surface area contributed by atoms with E-state index < -0.39 is 15.9 Å². The first-order chi connectivity index (χ1) is 13.7. The zero-order valence-electron chi connectivity index (χ0n) is 17.1. The number of nitrogens with one attached hydrogen (secondary N) is 1. The van der Waals surface area contributed by atoms with Crippen LogP contribution in [0.3, 0.4) is 0 Å². The van der Waals surface area contributed by atoms with E-state index in [0.717, 1.165) is 9.87 Å². The zero-order valence-corrected chi connectivity index (χ0v) is 17.9. The average molecular weight is 423 g/mol. The Kier molecular flexibility index (Phi) is 7.46. The molecule has 158 valence electrons. The molecule has 0 unspecified atom stereocenters. The zero-order chi connectivity index (χ0) is 21.6. The lowest BCUT2D eigenvalue weighted by Crippen LogP contribution is -2.39.